The minimum absolute atomic E-state index is 0.00475. The van der Waals surface area contributed by atoms with Gasteiger partial charge >= 0.3 is 5.97 Å². The number of aromatic nitrogens is 1. The predicted molar refractivity (Wildman–Crippen MR) is 135 cm³/mol. The molecule has 1 fully saturated rings. The van der Waals surface area contributed by atoms with Gasteiger partial charge in [-0.2, -0.15) is 0 Å². The Morgan fingerprint density at radius 3 is 2.38 bits per heavy atom. The Morgan fingerprint density at radius 1 is 1.16 bits per heavy atom. The fourth-order valence-electron chi connectivity index (χ4n) is 5.26. The molecule has 1 aliphatic heterocycles. The minimum atomic E-state index is -2.30. The molecule has 2 aliphatic rings. The number of anilines is 1. The van der Waals surface area contributed by atoms with Gasteiger partial charge in [-0.1, -0.05) is 19.6 Å². The lowest BCUT2D eigenvalue weighted by Gasteiger charge is -2.41. The molecule has 2 N–H and O–H groups in total. The third kappa shape index (κ3) is 5.51. The number of benzene rings is 1. The highest BCUT2D eigenvalue weighted by Crippen LogP contribution is 2.40. The number of methoxy groups -OCH3 is 1. The molecule has 2 heterocycles. The summed E-state index contributed by atoms with van der Waals surface area (Å²) in [6.07, 6.45) is 1.29. The summed E-state index contributed by atoms with van der Waals surface area (Å²) in [6.45, 7) is 5.72. The monoisotopic (exact) mass is 531 g/mol. The average Bonchev–Trinajstić information content (AvgIpc) is 2.77. The summed E-state index contributed by atoms with van der Waals surface area (Å²) in [5.74, 6) is -3.25. The van der Waals surface area contributed by atoms with Gasteiger partial charge in [0, 0.05) is 47.8 Å². The highest BCUT2D eigenvalue weighted by atomic mass is 28.3. The van der Waals surface area contributed by atoms with Crippen LogP contribution in [0.2, 0.25) is 19.6 Å². The molecule has 1 aromatic heterocycles. The molecule has 2 amide bonds. The first-order chi connectivity index (χ1) is 17.4. The maximum atomic E-state index is 14.8. The smallest absolute Gasteiger partial charge is 0.303 e. The van der Waals surface area contributed by atoms with E-state index < -0.39 is 37.6 Å². The van der Waals surface area contributed by atoms with E-state index in [1.807, 2.05) is 19.6 Å². The van der Waals surface area contributed by atoms with Crippen molar-refractivity contribution in [2.75, 3.05) is 19.0 Å². The van der Waals surface area contributed by atoms with E-state index in [1.54, 1.807) is 12.1 Å². The Bertz CT molecular complexity index is 1220. The van der Waals surface area contributed by atoms with Crippen molar-refractivity contribution < 1.29 is 33.0 Å². The number of carbonyl (C=O) groups excluding carboxylic acids is 2. The van der Waals surface area contributed by atoms with Crippen molar-refractivity contribution in [1.29, 1.82) is 0 Å². The van der Waals surface area contributed by atoms with Gasteiger partial charge in [0.1, 0.15) is 17.7 Å². The van der Waals surface area contributed by atoms with E-state index in [1.165, 1.54) is 12.0 Å². The molecule has 1 aliphatic carbocycles. The van der Waals surface area contributed by atoms with Crippen molar-refractivity contribution >= 4 is 36.7 Å². The van der Waals surface area contributed by atoms with Crippen LogP contribution in [0, 0.1) is 23.5 Å². The molecule has 8 nitrogen and oxygen atoms in total. The summed E-state index contributed by atoms with van der Waals surface area (Å²) in [6, 6.07) is 4.43. The number of rotatable bonds is 7. The number of hydrogen-bond acceptors (Lipinski definition) is 5. The lowest BCUT2D eigenvalue weighted by molar-refractivity contribution is -0.149. The van der Waals surface area contributed by atoms with Gasteiger partial charge in [-0.25, -0.2) is 13.8 Å². The number of amides is 2. The SMILES string of the molecule is COc1ccc2c(n1)CCN(C(=O)C1CC(CC(=O)O)C1)C2C(=O)Nc1cc(F)c([Si](C)(C)C)c(F)c1. The van der Waals surface area contributed by atoms with E-state index in [2.05, 4.69) is 10.3 Å². The molecule has 1 aromatic carbocycles. The molecule has 0 saturated heterocycles. The van der Waals surface area contributed by atoms with Gasteiger partial charge < -0.3 is 20.1 Å². The molecular formula is C26H31F2N3O5Si. The molecule has 11 heteroatoms. The number of nitrogens with one attached hydrogen (secondary N) is 1. The van der Waals surface area contributed by atoms with Crippen LogP contribution >= 0.6 is 0 Å². The van der Waals surface area contributed by atoms with Crippen LogP contribution in [-0.2, 0) is 20.8 Å². The number of aliphatic carboxylic acids is 1. The summed E-state index contributed by atoms with van der Waals surface area (Å²) in [5, 5.41) is 11.7. The van der Waals surface area contributed by atoms with Crippen molar-refractivity contribution in [2.45, 2.75) is 51.4 Å². The van der Waals surface area contributed by atoms with Crippen molar-refractivity contribution in [3.63, 3.8) is 0 Å². The number of carboxylic acid groups (broad SMARTS) is 1. The number of fused-ring (bicyclic) bond motifs is 1. The van der Waals surface area contributed by atoms with E-state index in [9.17, 15) is 23.2 Å². The Balaban J connectivity index is 1.62. The number of ether oxygens (including phenoxy) is 1. The quantitative estimate of drug-likeness (QED) is 0.530. The maximum Gasteiger partial charge on any atom is 0.303 e. The van der Waals surface area contributed by atoms with Gasteiger partial charge in [0.2, 0.25) is 11.8 Å². The topological polar surface area (TPSA) is 109 Å². The van der Waals surface area contributed by atoms with Crippen LogP contribution in [0.25, 0.3) is 0 Å². The van der Waals surface area contributed by atoms with Gasteiger partial charge in [-0.3, -0.25) is 14.4 Å². The molecule has 0 spiro atoms. The molecule has 1 unspecified atom stereocenters. The zero-order chi connectivity index (χ0) is 27.1. The molecule has 0 bridgehead atoms. The Morgan fingerprint density at radius 2 is 1.81 bits per heavy atom. The lowest BCUT2D eigenvalue weighted by Crippen LogP contribution is -2.50. The standard InChI is InChI=1S/C26H31F2N3O5Si/c1-36-21-6-5-17-20(30-21)7-8-31(26(35)15-9-14(10-15)11-22(32)33)23(17)25(34)29-16-12-18(27)24(19(28)13-16)37(2,3)4/h5-6,12-15,23H,7-11H2,1-4H3,(H,29,34)(H,32,33). The summed E-state index contributed by atoms with van der Waals surface area (Å²) < 4.78 is 34.9. The molecule has 1 saturated carbocycles. The van der Waals surface area contributed by atoms with Crippen LogP contribution in [-0.4, -0.2) is 54.5 Å². The van der Waals surface area contributed by atoms with Crippen molar-refractivity contribution in [1.82, 2.24) is 9.88 Å². The van der Waals surface area contributed by atoms with Gasteiger partial charge in [-0.05, 0) is 37.0 Å². The predicted octanol–water partition coefficient (Wildman–Crippen LogP) is 3.48. The molecule has 198 valence electrons. The molecule has 37 heavy (non-hydrogen) atoms. The number of carbonyl (C=O) groups is 3. The lowest BCUT2D eigenvalue weighted by atomic mass is 9.72. The summed E-state index contributed by atoms with van der Waals surface area (Å²) in [4.78, 5) is 43.9. The zero-order valence-corrected chi connectivity index (χ0v) is 22.3. The number of pyridine rings is 1. The van der Waals surface area contributed by atoms with Crippen molar-refractivity contribution in [3.8, 4) is 5.88 Å². The zero-order valence-electron chi connectivity index (χ0n) is 21.3. The third-order valence-electron chi connectivity index (χ3n) is 7.03. The molecule has 1 atom stereocenters. The van der Waals surface area contributed by atoms with E-state index in [4.69, 9.17) is 9.84 Å². The average molecular weight is 532 g/mol. The first-order valence-corrected chi connectivity index (χ1v) is 15.8. The van der Waals surface area contributed by atoms with Gasteiger partial charge in [0.05, 0.1) is 20.9 Å². The molecule has 0 radical (unpaired) electrons. The Hall–Kier alpha value is -3.34. The van der Waals surface area contributed by atoms with Crippen molar-refractivity contribution in [3.05, 3.63) is 47.2 Å². The van der Waals surface area contributed by atoms with E-state index in [-0.39, 0.29) is 41.6 Å². The summed E-state index contributed by atoms with van der Waals surface area (Å²) in [5.41, 5.74) is 1.08. The van der Waals surface area contributed by atoms with E-state index >= 15 is 0 Å². The fraction of sp³-hybridized carbons (Fsp3) is 0.462. The number of hydrogen-bond donors (Lipinski definition) is 2. The van der Waals surface area contributed by atoms with Crippen molar-refractivity contribution in [2.24, 2.45) is 11.8 Å². The summed E-state index contributed by atoms with van der Waals surface area (Å²) in [7, 11) is -0.818. The number of nitrogens with zero attached hydrogens (tertiary/aromatic N) is 2. The van der Waals surface area contributed by atoms with Gasteiger partial charge in [0.25, 0.3) is 5.91 Å². The third-order valence-corrected chi connectivity index (χ3v) is 9.01. The number of halogens is 2. The molecule has 4 rings (SSSR count). The second-order valence-electron chi connectivity index (χ2n) is 10.8. The van der Waals surface area contributed by atoms with Crippen LogP contribution in [0.4, 0.5) is 14.5 Å². The highest BCUT2D eigenvalue weighted by molar-refractivity contribution is 6.88. The van der Waals surface area contributed by atoms with E-state index in [0.29, 0.717) is 36.4 Å². The number of carboxylic acids is 1. The van der Waals surface area contributed by atoms with Crippen LogP contribution < -0.4 is 15.2 Å². The first-order valence-electron chi connectivity index (χ1n) is 12.3. The first kappa shape index (κ1) is 26.7. The van der Waals surface area contributed by atoms with E-state index in [0.717, 1.165) is 12.1 Å². The normalized spacial score (nSPS) is 21.0. The minimum Gasteiger partial charge on any atom is -0.481 e. The molecular weight excluding hydrogens is 500 g/mol. The van der Waals surface area contributed by atoms with Crippen LogP contribution in [0.1, 0.15) is 36.6 Å². The van der Waals surface area contributed by atoms with Crippen LogP contribution in [0.15, 0.2) is 24.3 Å². The summed E-state index contributed by atoms with van der Waals surface area (Å²) >= 11 is 0. The van der Waals surface area contributed by atoms with Gasteiger partial charge in [-0.15, -0.1) is 0 Å². The second kappa shape index (κ2) is 10.2. The Kier molecular flexibility index (Phi) is 7.36. The Labute approximate surface area is 215 Å². The molecule has 2 aromatic rings. The van der Waals surface area contributed by atoms with Gasteiger partial charge in [0.15, 0.2) is 0 Å². The van der Waals surface area contributed by atoms with Crippen LogP contribution in [0.3, 0.4) is 0 Å². The van der Waals surface area contributed by atoms with Crippen LogP contribution in [0.5, 0.6) is 5.88 Å². The second-order valence-corrected chi connectivity index (χ2v) is 15.8. The fourth-order valence-corrected chi connectivity index (χ4v) is 6.83. The largest absolute Gasteiger partial charge is 0.481 e. The maximum absolute atomic E-state index is 14.8. The highest BCUT2D eigenvalue weighted by Gasteiger charge is 2.43.